The second-order valence-corrected chi connectivity index (χ2v) is 37.5. The second-order valence-electron chi connectivity index (χ2n) is 31.2. The zero-order chi connectivity index (χ0) is 89.0. The molecule has 3 fully saturated rings. The number of hydrogen-bond donors (Lipinski definition) is 1. The number of ether oxygens (including phenoxy) is 16. The predicted molar refractivity (Wildman–Crippen MR) is 478 cm³/mol. The molecule has 13 rings (SSSR count). The third-order valence-corrected chi connectivity index (χ3v) is 23.6. The van der Waals surface area contributed by atoms with Gasteiger partial charge in [-0.15, -0.1) is 6.58 Å². The van der Waals surface area contributed by atoms with Gasteiger partial charge in [0.05, 0.1) is 98.6 Å². The van der Waals surface area contributed by atoms with Gasteiger partial charge in [0, 0.05) is 13.2 Å². The molecule has 126 heavy (non-hydrogen) atoms. The third kappa shape index (κ3) is 34.0. The monoisotopic (exact) mass is 1770 g/mol. The van der Waals surface area contributed by atoms with E-state index in [1.54, 1.807) is 6.08 Å². The number of aliphatic hydroxyl groups is 1. The van der Waals surface area contributed by atoms with E-state index in [0.29, 0.717) is 59.3 Å². The molecule has 3 heterocycles. The van der Waals surface area contributed by atoms with E-state index in [1.165, 1.54) is 19.6 Å². The van der Waals surface area contributed by atoms with Gasteiger partial charge in [-0.25, -0.2) is 0 Å². The van der Waals surface area contributed by atoms with E-state index in [4.69, 9.17) is 75.8 Å². The fourth-order valence-corrected chi connectivity index (χ4v) is 17.0. The molecule has 10 aromatic carbocycles. The molecule has 0 aliphatic carbocycles. The Bertz CT molecular complexity index is 4650. The normalized spacial score (nSPS) is 22.5. The first-order valence-corrected chi connectivity index (χ1v) is 47.6. The van der Waals surface area contributed by atoms with Crippen LogP contribution in [0.3, 0.4) is 0 Å². The van der Waals surface area contributed by atoms with Gasteiger partial charge in [-0.1, -0.05) is 309 Å². The lowest BCUT2D eigenvalue weighted by atomic mass is 9.94. The van der Waals surface area contributed by atoms with E-state index in [0.717, 1.165) is 68.8 Å². The summed E-state index contributed by atoms with van der Waals surface area (Å²) in [6, 6.07) is 100. The highest BCUT2D eigenvalue weighted by atomic mass is 32.2. The number of hydrogen-bond acceptors (Lipinski definition) is 20. The molecule has 10 aromatic rings. The molecule has 0 radical (unpaired) electrons. The first kappa shape index (κ1) is 99.3. The number of alkyl halides is 3. The number of benzene rings is 10. The van der Waals surface area contributed by atoms with Gasteiger partial charge in [-0.3, -0.25) is 0 Å². The van der Waals surface area contributed by atoms with Crippen molar-refractivity contribution in [1.82, 2.24) is 0 Å². The molecule has 0 aromatic heterocycles. The number of rotatable bonds is 43. The zero-order valence-electron chi connectivity index (χ0n) is 72.6. The smallest absolute Gasteiger partial charge is 0.387 e. The van der Waals surface area contributed by atoms with Crippen LogP contribution in [0.2, 0.25) is 19.6 Å². The van der Waals surface area contributed by atoms with Crippen molar-refractivity contribution in [3.8, 4) is 0 Å². The molecule has 0 amide bonds. The first-order chi connectivity index (χ1) is 61.2. The Morgan fingerprint density at radius 1 is 0.349 bits per heavy atom. The molecule has 1 N–H and O–H groups in total. The molecule has 3 aliphatic rings. The molecule has 676 valence electrons. The van der Waals surface area contributed by atoms with Crippen LogP contribution in [0.5, 0.6) is 0 Å². The van der Waals surface area contributed by atoms with Crippen LogP contribution in [0.15, 0.2) is 316 Å². The first-order valence-electron chi connectivity index (χ1n) is 42.8. The lowest BCUT2D eigenvalue weighted by Gasteiger charge is -2.49. The molecule has 3 aliphatic heterocycles. The summed E-state index contributed by atoms with van der Waals surface area (Å²) in [5, 5.41) is 12.3. The second kappa shape index (κ2) is 53.8. The molecule has 6 unspecified atom stereocenters. The van der Waals surface area contributed by atoms with Gasteiger partial charge in [-0.05, 0) is 102 Å². The van der Waals surface area contributed by atoms with Crippen LogP contribution in [0.1, 0.15) is 82.8 Å². The van der Waals surface area contributed by atoms with E-state index < -0.39 is 91.5 Å². The SMILES string of the molecule is C=CCCO[C@@H]1O[C@@H](COCc2ccccc2)[C@@H](O[C@@H]2OC(COCc3ccccc3)[C@H](O)[C@H](OCc3ccccc3)C2OCc2ccccc2)C(OCc2ccccc2)C1OCc1ccccc1.CCOCC.C[C@@H]1OC(COCc2ccccc2)[C@H](OCc2ccccc2)[C@@H](OCc2ccccc2)C1OCc1ccccc1.C[Si](C)(C)OS(=O)(=O)C(F)(F)F. The van der Waals surface area contributed by atoms with Crippen molar-refractivity contribution in [3.05, 3.63) is 372 Å². The Kier molecular flexibility index (Phi) is 42.5. The maximum absolute atomic E-state index is 12.3. The van der Waals surface area contributed by atoms with Crippen LogP contribution in [-0.2, 0) is 156 Å². The highest BCUT2D eigenvalue weighted by Gasteiger charge is 2.55. The Morgan fingerprint density at radius 2 is 0.619 bits per heavy atom. The quantitative estimate of drug-likeness (QED) is 0.0163. The summed E-state index contributed by atoms with van der Waals surface area (Å²) in [4.78, 5) is 0. The summed E-state index contributed by atoms with van der Waals surface area (Å²) in [6.07, 6.45) is -8.51. The van der Waals surface area contributed by atoms with E-state index in [-0.39, 0.29) is 64.1 Å². The maximum atomic E-state index is 12.3. The molecule has 0 bridgehead atoms. The fourth-order valence-electron chi connectivity index (χ4n) is 14.0. The van der Waals surface area contributed by atoms with E-state index in [1.807, 2.05) is 276 Å². The number of aliphatic hydroxyl groups excluding tert-OH is 1. The van der Waals surface area contributed by atoms with Gasteiger partial charge >= 0.3 is 15.6 Å². The minimum atomic E-state index is -5.39. The van der Waals surface area contributed by atoms with Crippen molar-refractivity contribution in [3.63, 3.8) is 0 Å². The summed E-state index contributed by atoms with van der Waals surface area (Å²) in [7, 11) is -8.10. The zero-order valence-corrected chi connectivity index (χ0v) is 74.4. The van der Waals surface area contributed by atoms with Crippen LogP contribution < -0.4 is 0 Å². The van der Waals surface area contributed by atoms with Crippen LogP contribution in [0.25, 0.3) is 0 Å². The van der Waals surface area contributed by atoms with Crippen molar-refractivity contribution in [2.75, 3.05) is 39.6 Å². The van der Waals surface area contributed by atoms with E-state index in [9.17, 15) is 26.7 Å². The van der Waals surface area contributed by atoms with Crippen molar-refractivity contribution < 1.29 is 106 Å². The van der Waals surface area contributed by atoms with Gasteiger partial charge in [0.1, 0.15) is 73.2 Å². The van der Waals surface area contributed by atoms with Gasteiger partial charge in [-0.2, -0.15) is 21.6 Å². The maximum Gasteiger partial charge on any atom is 0.522 e. The van der Waals surface area contributed by atoms with E-state index in [2.05, 4.69) is 59.0 Å². The average Bonchev–Trinajstić information content (AvgIpc) is 0.770. The summed E-state index contributed by atoms with van der Waals surface area (Å²) >= 11 is 0. The lowest BCUT2D eigenvalue weighted by Crippen LogP contribution is -2.66. The summed E-state index contributed by atoms with van der Waals surface area (Å²) in [5.74, 6) is 0. The fraction of sp³-hybridized carbons (Fsp3) is 0.386. The molecular weight excluding hydrogens is 1650 g/mol. The molecule has 3 saturated heterocycles. The Morgan fingerprint density at radius 3 is 0.921 bits per heavy atom. The Labute approximate surface area is 742 Å². The third-order valence-electron chi connectivity index (χ3n) is 20.2. The van der Waals surface area contributed by atoms with Gasteiger partial charge in [0.15, 0.2) is 12.6 Å². The van der Waals surface area contributed by atoms with E-state index >= 15 is 0 Å². The topological polar surface area (TPSA) is 211 Å². The molecule has 25 heteroatoms. The van der Waals surface area contributed by atoms with Crippen molar-refractivity contribution >= 4 is 18.4 Å². The largest absolute Gasteiger partial charge is 0.522 e. The van der Waals surface area contributed by atoms with Crippen LogP contribution in [-0.4, -0.2) is 159 Å². The molecule has 0 saturated carbocycles. The highest BCUT2D eigenvalue weighted by Crippen LogP contribution is 2.38. The van der Waals surface area contributed by atoms with Gasteiger partial charge in [0.25, 0.3) is 0 Å². The van der Waals surface area contributed by atoms with Crippen LogP contribution >= 0.6 is 0 Å². The minimum absolute atomic E-state index is 0.0350. The summed E-state index contributed by atoms with van der Waals surface area (Å²) < 4.78 is 165. The Hall–Kier alpha value is -8.82. The molecular formula is C101H121F3O20SSi. The molecule has 20 nitrogen and oxygen atoms in total. The Balaban J connectivity index is 0.000000242. The van der Waals surface area contributed by atoms with Gasteiger partial charge < -0.3 is 84.8 Å². The average molecular weight is 1770 g/mol. The van der Waals surface area contributed by atoms with Gasteiger partial charge in [0.2, 0.25) is 8.32 Å². The van der Waals surface area contributed by atoms with Crippen LogP contribution in [0.4, 0.5) is 13.2 Å². The molecule has 0 spiro atoms. The van der Waals surface area contributed by atoms with Crippen molar-refractivity contribution in [1.29, 1.82) is 0 Å². The molecule has 15 atom stereocenters. The number of halogens is 3. The predicted octanol–water partition coefficient (Wildman–Crippen LogP) is 19.0. The minimum Gasteiger partial charge on any atom is -0.387 e. The summed E-state index contributed by atoms with van der Waals surface area (Å²) in [5.41, 5.74) is 4.86. The van der Waals surface area contributed by atoms with Crippen molar-refractivity contribution in [2.45, 2.75) is 210 Å². The summed E-state index contributed by atoms with van der Waals surface area (Å²) in [6.45, 7) is 19.9. The highest BCUT2D eigenvalue weighted by molar-refractivity contribution is 7.88. The van der Waals surface area contributed by atoms with Crippen LogP contribution in [0, 0.1) is 0 Å². The van der Waals surface area contributed by atoms with Crippen molar-refractivity contribution in [2.24, 2.45) is 0 Å². The lowest BCUT2D eigenvalue weighted by molar-refractivity contribution is -0.375. The standard InChI is InChI=1S/C58H64O11.C35H38O5.C4H9F3O3SSi.C4H10O/c1-2-3-34-62-57-56(66-40-48-32-20-9-21-33-48)54(64-38-46-28-16-7-17-29-46)52(50(68-57)42-61-36-44-24-12-5-13-25-44)69-58-55(65-39-47-30-18-8-19-31-47)53(63-37-45-26-14-6-15-27-45)51(59)49(67-58)41-60-35-43-22-10-4-11-23-43;1-27-33(37-23-29-16-8-3-9-17-29)35(39-25-31-20-12-5-13-21-31)34(38-24-30-18-10-4-11-19-30)32(40-27)26-36-22-28-14-6-2-7-15-28;1-12(2,3)10-11(8,9)4(5,6)7;1-3-5-4-2/h2,4-33,49-59H,1,3,34-42H2;2-21,27,32-35H,22-26H2,1H3;1-3H3;3-4H2,1-2H3/t49?,50-,51-,52+,53-,54?,55?,56?,57+,58-;27-,32?,33?,34-,35-;;/m00../s1.